The van der Waals surface area contributed by atoms with Gasteiger partial charge in [-0.1, -0.05) is 23.2 Å². The van der Waals surface area contributed by atoms with E-state index in [1.165, 1.54) is 40.2 Å². The summed E-state index contributed by atoms with van der Waals surface area (Å²) in [5, 5.41) is 12.5. The van der Waals surface area contributed by atoms with E-state index in [1.54, 1.807) is 12.1 Å². The zero-order chi connectivity index (χ0) is 24.4. The average Bonchev–Trinajstić information content (AvgIpc) is 2.79. The van der Waals surface area contributed by atoms with Crippen molar-refractivity contribution in [2.75, 3.05) is 17.3 Å². The van der Waals surface area contributed by atoms with Crippen LogP contribution in [0.3, 0.4) is 0 Å². The first-order chi connectivity index (χ1) is 16.2. The Morgan fingerprint density at radius 3 is 2.56 bits per heavy atom. The third-order valence-electron chi connectivity index (χ3n) is 5.03. The highest BCUT2D eigenvalue weighted by atomic mass is 35.5. The summed E-state index contributed by atoms with van der Waals surface area (Å²) in [7, 11) is 1.92. The number of fused-ring (bicyclic) bond motifs is 1. The normalized spacial score (nSPS) is 19.5. The van der Waals surface area contributed by atoms with Gasteiger partial charge in [-0.3, -0.25) is 14.5 Å². The van der Waals surface area contributed by atoms with Gasteiger partial charge in [0.15, 0.2) is 12.4 Å². The molecule has 178 valence electrons. The van der Waals surface area contributed by atoms with E-state index < -0.39 is 23.3 Å². The van der Waals surface area contributed by atoms with Crippen LogP contribution in [-0.2, 0) is 21.4 Å². The number of halogens is 2. The molecule has 0 aliphatic carbocycles. The summed E-state index contributed by atoms with van der Waals surface area (Å²) in [6, 6.07) is 6.34. The number of thioether (sulfide) groups is 3. The number of carbonyl (C=O) groups excluding carboxylic acids is 2. The highest BCUT2D eigenvalue weighted by molar-refractivity contribution is 8.01. The fraction of sp³-hybridized carbons (Fsp3) is 0.286. The average molecular weight is 559 g/mol. The Morgan fingerprint density at radius 2 is 1.91 bits per heavy atom. The molecule has 0 aromatic carbocycles. The van der Waals surface area contributed by atoms with Gasteiger partial charge < -0.3 is 10.4 Å². The van der Waals surface area contributed by atoms with Gasteiger partial charge >= 0.3 is 5.97 Å². The number of nitrogens with zero attached hydrogens (tertiary/aromatic N) is 3. The number of carbonyl (C=O) groups is 3. The van der Waals surface area contributed by atoms with Gasteiger partial charge in [-0.15, -0.1) is 35.3 Å². The van der Waals surface area contributed by atoms with Crippen LogP contribution in [-0.4, -0.2) is 61.4 Å². The summed E-state index contributed by atoms with van der Waals surface area (Å²) < 4.78 is 1.92. The van der Waals surface area contributed by atoms with Gasteiger partial charge in [0.05, 0.1) is 5.75 Å². The second kappa shape index (κ2) is 10.8. The SMILES string of the molecule is C[n+]1ccc(SCC2=C(C(=O)O)N3C(=O)[C@@H](NC(=O)CSc4cc(Cl)nc(Cl)c4)[C@H]3SC2)cc1. The predicted molar refractivity (Wildman–Crippen MR) is 133 cm³/mol. The van der Waals surface area contributed by atoms with E-state index in [2.05, 4.69) is 10.3 Å². The molecule has 4 rings (SSSR count). The standard InChI is InChI=1S/C21H18Cl2N4O4S3/c1-26-4-2-12(3-5-26)32-8-11-9-34-20-17(19(29)27(20)18(11)21(30)31)25-16(28)10-33-13-6-14(22)24-15(23)7-13/h2-7,17,20H,8-10H2,1H3,(H-,25,28,30,31)/p+1/t17-,20-/m1/s1. The molecule has 1 saturated heterocycles. The molecule has 13 heteroatoms. The molecule has 34 heavy (non-hydrogen) atoms. The van der Waals surface area contributed by atoms with E-state index in [-0.39, 0.29) is 27.7 Å². The Hall–Kier alpha value is -1.92. The Bertz CT molecular complexity index is 1160. The van der Waals surface area contributed by atoms with Gasteiger partial charge in [0.1, 0.15) is 34.5 Å². The predicted octanol–water partition coefficient (Wildman–Crippen LogP) is 2.84. The van der Waals surface area contributed by atoms with E-state index in [4.69, 9.17) is 23.2 Å². The van der Waals surface area contributed by atoms with E-state index >= 15 is 0 Å². The van der Waals surface area contributed by atoms with Crippen molar-refractivity contribution < 1.29 is 24.1 Å². The highest BCUT2D eigenvalue weighted by Crippen LogP contribution is 2.41. The minimum Gasteiger partial charge on any atom is -0.477 e. The van der Waals surface area contributed by atoms with Crippen LogP contribution in [0.1, 0.15) is 0 Å². The van der Waals surface area contributed by atoms with Gasteiger partial charge in [0.2, 0.25) is 5.91 Å². The van der Waals surface area contributed by atoms with Crippen LogP contribution in [0.5, 0.6) is 0 Å². The number of nitrogens with one attached hydrogen (secondary N) is 1. The minimum atomic E-state index is -1.14. The summed E-state index contributed by atoms with van der Waals surface area (Å²) in [6.45, 7) is 0. The van der Waals surface area contributed by atoms with E-state index in [1.807, 2.05) is 36.1 Å². The van der Waals surface area contributed by atoms with Crippen LogP contribution in [0, 0.1) is 0 Å². The van der Waals surface area contributed by atoms with Gasteiger partial charge in [0.25, 0.3) is 5.91 Å². The number of rotatable bonds is 8. The minimum absolute atomic E-state index is 0.0173. The molecule has 2 atom stereocenters. The molecule has 4 heterocycles. The first kappa shape index (κ1) is 25.2. The molecule has 0 spiro atoms. The van der Waals surface area contributed by atoms with Crippen molar-refractivity contribution in [2.24, 2.45) is 7.05 Å². The summed E-state index contributed by atoms with van der Waals surface area (Å²) in [5.74, 6) is -0.914. The molecule has 2 aromatic rings. The summed E-state index contributed by atoms with van der Waals surface area (Å²) >= 11 is 15.9. The van der Waals surface area contributed by atoms with Gasteiger partial charge in [0, 0.05) is 33.4 Å². The van der Waals surface area contributed by atoms with Crippen molar-refractivity contribution in [2.45, 2.75) is 21.2 Å². The number of hydrogen-bond acceptors (Lipinski definition) is 7. The van der Waals surface area contributed by atoms with Gasteiger partial charge in [-0.05, 0) is 17.7 Å². The maximum Gasteiger partial charge on any atom is 0.352 e. The topological polar surface area (TPSA) is 103 Å². The number of amides is 2. The molecule has 0 radical (unpaired) electrons. The maximum absolute atomic E-state index is 12.8. The van der Waals surface area contributed by atoms with Crippen LogP contribution in [0.2, 0.25) is 10.3 Å². The molecule has 0 saturated carbocycles. The zero-order valence-corrected chi connectivity index (χ0v) is 21.7. The van der Waals surface area contributed by atoms with Crippen molar-refractivity contribution in [3.63, 3.8) is 0 Å². The smallest absolute Gasteiger partial charge is 0.352 e. The quantitative estimate of drug-likeness (QED) is 0.221. The fourth-order valence-electron chi connectivity index (χ4n) is 3.44. The van der Waals surface area contributed by atoms with E-state index in [0.717, 1.165) is 4.90 Å². The first-order valence-electron chi connectivity index (χ1n) is 9.96. The van der Waals surface area contributed by atoms with Crippen molar-refractivity contribution >= 4 is 76.3 Å². The summed E-state index contributed by atoms with van der Waals surface area (Å²) in [6.07, 6.45) is 3.84. The third kappa shape index (κ3) is 5.65. The zero-order valence-electron chi connectivity index (χ0n) is 17.7. The van der Waals surface area contributed by atoms with Crippen LogP contribution in [0.25, 0.3) is 0 Å². The summed E-state index contributed by atoms with van der Waals surface area (Å²) in [5.41, 5.74) is 0.704. The molecule has 0 unspecified atom stereocenters. The molecule has 2 N–H and O–H groups in total. The number of aryl methyl sites for hydroxylation is 1. The third-order valence-corrected chi connectivity index (χ3v) is 8.83. The molecule has 2 aromatic heterocycles. The lowest BCUT2D eigenvalue weighted by atomic mass is 10.0. The largest absolute Gasteiger partial charge is 0.477 e. The Labute approximate surface area is 218 Å². The number of β-lactam (4-membered cyclic amide) rings is 1. The van der Waals surface area contributed by atoms with E-state index in [9.17, 15) is 19.5 Å². The lowest BCUT2D eigenvalue weighted by molar-refractivity contribution is -0.671. The van der Waals surface area contributed by atoms with Crippen LogP contribution >= 0.6 is 58.5 Å². The van der Waals surface area contributed by atoms with Crippen molar-refractivity contribution in [1.82, 2.24) is 15.2 Å². The number of carboxylic acid groups (broad SMARTS) is 1. The molecule has 2 amide bonds. The van der Waals surface area contributed by atoms with Crippen molar-refractivity contribution in [1.29, 1.82) is 0 Å². The first-order valence-corrected chi connectivity index (χ1v) is 13.7. The van der Waals surface area contributed by atoms with Crippen LogP contribution < -0.4 is 9.88 Å². The Balaban J connectivity index is 1.38. The fourth-order valence-corrected chi connectivity index (χ4v) is 7.17. The number of hydrogen-bond donors (Lipinski definition) is 2. The molecule has 8 nitrogen and oxygen atoms in total. The maximum atomic E-state index is 12.8. The van der Waals surface area contributed by atoms with Gasteiger partial charge in [-0.25, -0.2) is 14.3 Å². The molecule has 2 aliphatic heterocycles. The van der Waals surface area contributed by atoms with Crippen LogP contribution in [0.4, 0.5) is 0 Å². The molecule has 2 aliphatic rings. The number of aliphatic carboxylic acids is 1. The Kier molecular flexibility index (Phi) is 7.98. The highest BCUT2D eigenvalue weighted by Gasteiger charge is 2.54. The molecule has 0 bridgehead atoms. The lowest BCUT2D eigenvalue weighted by Crippen LogP contribution is -2.70. The molecule has 1 fully saturated rings. The second-order valence-electron chi connectivity index (χ2n) is 7.44. The van der Waals surface area contributed by atoms with Crippen molar-refractivity contribution in [3.8, 4) is 0 Å². The Morgan fingerprint density at radius 1 is 1.24 bits per heavy atom. The van der Waals surface area contributed by atoms with E-state index in [0.29, 0.717) is 22.0 Å². The number of aromatic nitrogens is 2. The number of pyridine rings is 2. The number of carboxylic acids is 1. The van der Waals surface area contributed by atoms with Crippen molar-refractivity contribution in [3.05, 3.63) is 58.2 Å². The monoisotopic (exact) mass is 557 g/mol. The lowest BCUT2D eigenvalue weighted by Gasteiger charge is -2.49. The molecular weight excluding hydrogens is 539 g/mol. The van der Waals surface area contributed by atoms with Gasteiger partial charge in [-0.2, -0.15) is 0 Å². The molecular formula is C21H19Cl2N4O4S3+. The second-order valence-corrected chi connectivity index (χ2v) is 11.4. The summed E-state index contributed by atoms with van der Waals surface area (Å²) in [4.78, 5) is 44.1. The van der Waals surface area contributed by atoms with Crippen LogP contribution in [0.15, 0.2) is 57.7 Å².